The number of halogens is 2. The smallest absolute Gasteiger partial charge is 0.270 e. The lowest BCUT2D eigenvalue weighted by Gasteiger charge is -2.09. The Morgan fingerprint density at radius 1 is 1.12 bits per heavy atom. The first kappa shape index (κ1) is 17.9. The van der Waals surface area contributed by atoms with Crippen molar-refractivity contribution in [2.75, 3.05) is 5.32 Å². The van der Waals surface area contributed by atoms with Crippen molar-refractivity contribution in [1.29, 1.82) is 0 Å². The molecule has 1 heterocycles. The normalized spacial score (nSPS) is 10.4. The Hall–Kier alpha value is -2.92. The molecule has 3 rings (SSSR count). The molecule has 0 radical (unpaired) electrons. The van der Waals surface area contributed by atoms with Crippen molar-refractivity contribution in [3.63, 3.8) is 0 Å². The van der Waals surface area contributed by atoms with Gasteiger partial charge in [0.15, 0.2) is 0 Å². The number of amides is 1. The van der Waals surface area contributed by atoms with Gasteiger partial charge < -0.3 is 10.6 Å². The molecule has 2 N–H and O–H groups in total. The van der Waals surface area contributed by atoms with Crippen LogP contribution >= 0.6 is 11.6 Å². The van der Waals surface area contributed by atoms with E-state index in [0.29, 0.717) is 23.6 Å². The molecule has 26 heavy (non-hydrogen) atoms. The minimum absolute atomic E-state index is 0.0372. The van der Waals surface area contributed by atoms with Crippen LogP contribution in [0.3, 0.4) is 0 Å². The molecule has 1 aromatic heterocycles. The summed E-state index contributed by atoms with van der Waals surface area (Å²) in [7, 11) is 0. The van der Waals surface area contributed by atoms with Gasteiger partial charge in [-0.15, -0.1) is 0 Å². The van der Waals surface area contributed by atoms with Gasteiger partial charge in [0.05, 0.1) is 16.9 Å². The van der Waals surface area contributed by atoms with Crippen molar-refractivity contribution in [3.8, 4) is 0 Å². The lowest BCUT2D eigenvalue weighted by molar-refractivity contribution is 0.0946. The highest BCUT2D eigenvalue weighted by molar-refractivity contribution is 6.31. The predicted octanol–water partition coefficient (Wildman–Crippen LogP) is 4.86. The lowest BCUT2D eigenvalue weighted by atomic mass is 10.1. The van der Waals surface area contributed by atoms with Crippen LogP contribution in [0.5, 0.6) is 0 Å². The van der Waals surface area contributed by atoms with Crippen molar-refractivity contribution in [3.05, 3.63) is 88.5 Å². The van der Waals surface area contributed by atoms with Crippen LogP contribution in [0, 0.1) is 12.7 Å². The summed E-state index contributed by atoms with van der Waals surface area (Å²) in [5.74, 6) is -0.722. The Bertz CT molecular complexity index is 929. The number of hydrogen-bond donors (Lipinski definition) is 2. The summed E-state index contributed by atoms with van der Waals surface area (Å²) in [5.41, 5.74) is 3.81. The fraction of sp³-hybridized carbons (Fsp3) is 0.100. The average molecular weight is 370 g/mol. The number of nitrogens with zero attached hydrogens (tertiary/aromatic N) is 1. The second-order valence-electron chi connectivity index (χ2n) is 5.80. The zero-order valence-corrected chi connectivity index (χ0v) is 14.8. The van der Waals surface area contributed by atoms with Gasteiger partial charge in [0.1, 0.15) is 11.5 Å². The van der Waals surface area contributed by atoms with E-state index in [-0.39, 0.29) is 10.9 Å². The van der Waals surface area contributed by atoms with Crippen molar-refractivity contribution in [2.24, 2.45) is 0 Å². The number of rotatable bonds is 5. The molecule has 1 amide bonds. The first-order chi connectivity index (χ1) is 12.5. The summed E-state index contributed by atoms with van der Waals surface area (Å²) in [6.07, 6.45) is 1.54. The third kappa shape index (κ3) is 4.37. The standard InChI is InChI=1S/C20H17ClFN3O/c1-13-4-2-3-5-14(13)11-24-20(26)19-9-7-16(12-23-19)25-15-6-8-18(22)17(21)10-15/h2-10,12,25H,11H2,1H3,(H,24,26). The summed E-state index contributed by atoms with van der Waals surface area (Å²) >= 11 is 5.76. The Morgan fingerprint density at radius 3 is 2.58 bits per heavy atom. The number of anilines is 2. The molecule has 0 spiro atoms. The van der Waals surface area contributed by atoms with Gasteiger partial charge >= 0.3 is 0 Å². The maximum Gasteiger partial charge on any atom is 0.270 e. The second-order valence-corrected chi connectivity index (χ2v) is 6.20. The zero-order valence-electron chi connectivity index (χ0n) is 14.1. The summed E-state index contributed by atoms with van der Waals surface area (Å²) in [6.45, 7) is 2.45. The monoisotopic (exact) mass is 369 g/mol. The molecule has 0 bridgehead atoms. The maximum atomic E-state index is 13.2. The van der Waals surface area contributed by atoms with E-state index in [4.69, 9.17) is 11.6 Å². The third-order valence-corrected chi connectivity index (χ3v) is 4.19. The number of nitrogens with one attached hydrogen (secondary N) is 2. The molecular formula is C20H17ClFN3O. The molecule has 0 aliphatic rings. The third-order valence-electron chi connectivity index (χ3n) is 3.91. The van der Waals surface area contributed by atoms with E-state index < -0.39 is 5.82 Å². The van der Waals surface area contributed by atoms with E-state index in [1.54, 1.807) is 24.4 Å². The van der Waals surface area contributed by atoms with Crippen LogP contribution in [0.15, 0.2) is 60.8 Å². The molecule has 4 nitrogen and oxygen atoms in total. The van der Waals surface area contributed by atoms with Gasteiger partial charge in [0.25, 0.3) is 5.91 Å². The molecule has 2 aromatic carbocycles. The number of carbonyl (C=O) groups excluding carboxylic acids is 1. The van der Waals surface area contributed by atoms with Crippen LogP contribution < -0.4 is 10.6 Å². The summed E-state index contributed by atoms with van der Waals surface area (Å²) in [6, 6.07) is 15.6. The highest BCUT2D eigenvalue weighted by atomic mass is 35.5. The van der Waals surface area contributed by atoms with Gasteiger partial charge in [-0.25, -0.2) is 9.37 Å². The zero-order chi connectivity index (χ0) is 18.5. The largest absolute Gasteiger partial charge is 0.354 e. The van der Waals surface area contributed by atoms with E-state index in [1.165, 1.54) is 12.1 Å². The lowest BCUT2D eigenvalue weighted by Crippen LogP contribution is -2.24. The highest BCUT2D eigenvalue weighted by Gasteiger charge is 2.08. The average Bonchev–Trinajstić information content (AvgIpc) is 2.64. The Balaban J connectivity index is 1.62. The van der Waals surface area contributed by atoms with Crippen LogP contribution in [0.2, 0.25) is 5.02 Å². The van der Waals surface area contributed by atoms with Gasteiger partial charge in [-0.3, -0.25) is 4.79 Å². The number of hydrogen-bond acceptors (Lipinski definition) is 3. The predicted molar refractivity (Wildman–Crippen MR) is 101 cm³/mol. The first-order valence-electron chi connectivity index (χ1n) is 8.04. The van der Waals surface area contributed by atoms with E-state index in [0.717, 1.165) is 11.1 Å². The first-order valence-corrected chi connectivity index (χ1v) is 8.41. The maximum absolute atomic E-state index is 13.2. The Kier molecular flexibility index (Phi) is 5.49. The Labute approximate surface area is 156 Å². The van der Waals surface area contributed by atoms with Crippen LogP contribution in [-0.4, -0.2) is 10.9 Å². The molecule has 0 aliphatic carbocycles. The summed E-state index contributed by atoms with van der Waals surface area (Å²) in [4.78, 5) is 16.4. The minimum Gasteiger partial charge on any atom is -0.354 e. The molecule has 3 aromatic rings. The van der Waals surface area contributed by atoms with E-state index >= 15 is 0 Å². The van der Waals surface area contributed by atoms with Gasteiger partial charge in [-0.1, -0.05) is 35.9 Å². The molecule has 132 valence electrons. The minimum atomic E-state index is -0.476. The SMILES string of the molecule is Cc1ccccc1CNC(=O)c1ccc(Nc2ccc(F)c(Cl)c2)cn1. The number of benzene rings is 2. The number of carbonyl (C=O) groups is 1. The molecule has 0 fully saturated rings. The fourth-order valence-corrected chi connectivity index (χ4v) is 2.60. The molecular weight excluding hydrogens is 353 g/mol. The molecule has 0 saturated heterocycles. The van der Waals surface area contributed by atoms with Crippen molar-refractivity contribution < 1.29 is 9.18 Å². The summed E-state index contributed by atoms with van der Waals surface area (Å²) in [5, 5.41) is 5.95. The number of aromatic nitrogens is 1. The van der Waals surface area contributed by atoms with Crippen LogP contribution in [-0.2, 0) is 6.54 Å². The van der Waals surface area contributed by atoms with E-state index in [1.807, 2.05) is 31.2 Å². The highest BCUT2D eigenvalue weighted by Crippen LogP contribution is 2.22. The topological polar surface area (TPSA) is 54.0 Å². The second kappa shape index (κ2) is 7.97. The van der Waals surface area contributed by atoms with Crippen molar-refractivity contribution in [1.82, 2.24) is 10.3 Å². The van der Waals surface area contributed by atoms with Crippen LogP contribution in [0.25, 0.3) is 0 Å². The quantitative estimate of drug-likeness (QED) is 0.675. The van der Waals surface area contributed by atoms with Crippen molar-refractivity contribution in [2.45, 2.75) is 13.5 Å². The fourth-order valence-electron chi connectivity index (χ4n) is 2.42. The Morgan fingerprint density at radius 2 is 1.88 bits per heavy atom. The molecule has 0 unspecified atom stereocenters. The van der Waals surface area contributed by atoms with Gasteiger partial charge in [0.2, 0.25) is 0 Å². The van der Waals surface area contributed by atoms with Gasteiger partial charge in [0, 0.05) is 12.2 Å². The van der Waals surface area contributed by atoms with E-state index in [2.05, 4.69) is 15.6 Å². The van der Waals surface area contributed by atoms with E-state index in [9.17, 15) is 9.18 Å². The molecule has 6 heteroatoms. The van der Waals surface area contributed by atoms with Crippen LogP contribution in [0.4, 0.5) is 15.8 Å². The molecule has 0 aliphatic heterocycles. The number of aryl methyl sites for hydroxylation is 1. The number of pyridine rings is 1. The van der Waals surface area contributed by atoms with Gasteiger partial charge in [-0.2, -0.15) is 0 Å². The molecule has 0 saturated carbocycles. The van der Waals surface area contributed by atoms with Crippen molar-refractivity contribution >= 4 is 28.9 Å². The van der Waals surface area contributed by atoms with Crippen LogP contribution in [0.1, 0.15) is 21.6 Å². The molecule has 0 atom stereocenters. The van der Waals surface area contributed by atoms with Gasteiger partial charge in [-0.05, 0) is 48.4 Å². The summed E-state index contributed by atoms with van der Waals surface area (Å²) < 4.78 is 13.2.